The molecule has 0 aromatic rings. The van der Waals surface area contributed by atoms with Crippen molar-refractivity contribution in [3.05, 3.63) is 34.5 Å². The molecule has 1 aliphatic heterocycles. The van der Waals surface area contributed by atoms with Gasteiger partial charge in [-0.2, -0.15) is 0 Å². The Labute approximate surface area is 228 Å². The summed E-state index contributed by atoms with van der Waals surface area (Å²) in [6.45, 7) is 24.6. The van der Waals surface area contributed by atoms with E-state index in [1.807, 2.05) is 6.08 Å². The van der Waals surface area contributed by atoms with Gasteiger partial charge in [0.25, 0.3) is 0 Å². The summed E-state index contributed by atoms with van der Waals surface area (Å²) in [5.74, 6) is 2.00. The summed E-state index contributed by atoms with van der Waals surface area (Å²) in [5.41, 5.74) is 0.341. The quantitative estimate of drug-likeness (QED) is 0.297. The molecular formula is C33H46N2O3. The van der Waals surface area contributed by atoms with E-state index in [0.717, 1.165) is 45.1 Å². The molecule has 4 fully saturated rings. The Balaban J connectivity index is 1.51. The Hall–Kier alpha value is -2.09. The molecule has 0 aromatic carbocycles. The number of allylic oxidation sites excluding steroid dienone is 4. The topological polar surface area (TPSA) is 62.0 Å². The fourth-order valence-corrected chi connectivity index (χ4v) is 11.3. The Morgan fingerprint density at radius 1 is 1.03 bits per heavy atom. The third-order valence-electron chi connectivity index (χ3n) is 13.8. The first-order valence-electron chi connectivity index (χ1n) is 15.1. The lowest BCUT2D eigenvalue weighted by molar-refractivity contribution is -0.198. The number of likely N-dealkylation sites (tertiary alicyclic amines) is 1. The molecule has 1 saturated heterocycles. The molecule has 5 aliphatic carbocycles. The first kappa shape index (κ1) is 26.1. The molecule has 1 amide bonds. The zero-order chi connectivity index (χ0) is 27.6. The highest BCUT2D eigenvalue weighted by atomic mass is 16.3. The maximum absolute atomic E-state index is 14.6. The molecule has 6 rings (SSSR count). The van der Waals surface area contributed by atoms with E-state index in [1.165, 1.54) is 5.57 Å². The van der Waals surface area contributed by atoms with Crippen LogP contribution < -0.4 is 0 Å². The van der Waals surface area contributed by atoms with Crippen molar-refractivity contribution in [2.75, 3.05) is 6.54 Å². The number of nitrogens with zero attached hydrogens (tertiary/aromatic N) is 2. The number of rotatable bonds is 1. The van der Waals surface area contributed by atoms with Crippen LogP contribution in [0.4, 0.5) is 0 Å². The summed E-state index contributed by atoms with van der Waals surface area (Å²) in [6, 6.07) is 0. The van der Waals surface area contributed by atoms with Gasteiger partial charge in [0, 0.05) is 29.8 Å². The lowest BCUT2D eigenvalue weighted by Crippen LogP contribution is -2.73. The molecular weight excluding hydrogens is 472 g/mol. The molecule has 0 radical (unpaired) electrons. The highest BCUT2D eigenvalue weighted by Gasteiger charge is 2.71. The van der Waals surface area contributed by atoms with Crippen molar-refractivity contribution in [2.24, 2.45) is 51.2 Å². The zero-order valence-electron chi connectivity index (χ0n) is 24.5. The normalized spacial score (nSPS) is 49.6. The summed E-state index contributed by atoms with van der Waals surface area (Å²) >= 11 is 0. The van der Waals surface area contributed by atoms with Crippen molar-refractivity contribution in [3.63, 3.8) is 0 Å². The predicted molar refractivity (Wildman–Crippen MR) is 148 cm³/mol. The molecule has 38 heavy (non-hydrogen) atoms. The molecule has 1 N–H and O–H groups in total. The molecule has 6 aliphatic rings. The van der Waals surface area contributed by atoms with Crippen LogP contribution >= 0.6 is 0 Å². The lowest BCUT2D eigenvalue weighted by Gasteiger charge is -2.71. The minimum Gasteiger partial charge on any atom is -0.523 e. The van der Waals surface area contributed by atoms with Crippen LogP contribution in [0, 0.1) is 57.8 Å². The van der Waals surface area contributed by atoms with E-state index in [4.69, 9.17) is 6.57 Å². The molecule has 3 saturated carbocycles. The van der Waals surface area contributed by atoms with Gasteiger partial charge in [-0.15, -0.1) is 0 Å². The largest absolute Gasteiger partial charge is 0.523 e. The summed E-state index contributed by atoms with van der Waals surface area (Å²) in [6.07, 6.45) is 9.26. The standard InChI is InChI=1S/C33H46N2O3/c1-19-9-13-33(35-16-11-25(35)37)15-14-32(7)27(26(33)20(19)2)22(36)17-24-30(5)18-21(34-8)28(38)29(3,4)23(30)10-12-31(24,32)6/h17,19-20,23,26-27,38H,9-16,18H2,1-7H3/t19-,20+,23+,26+,27-,30+,31-,32-,33+/m1/s1. The highest BCUT2D eigenvalue weighted by molar-refractivity contribution is 5.96. The van der Waals surface area contributed by atoms with Gasteiger partial charge < -0.3 is 10.0 Å². The van der Waals surface area contributed by atoms with Crippen molar-refractivity contribution in [1.29, 1.82) is 0 Å². The van der Waals surface area contributed by atoms with Crippen LogP contribution in [0.2, 0.25) is 0 Å². The second-order valence-electron chi connectivity index (χ2n) is 15.3. The van der Waals surface area contributed by atoms with Crippen LogP contribution in [0.1, 0.15) is 99.8 Å². The van der Waals surface area contributed by atoms with E-state index in [0.29, 0.717) is 30.4 Å². The smallest absolute Gasteiger partial charge is 0.224 e. The van der Waals surface area contributed by atoms with E-state index >= 15 is 0 Å². The Morgan fingerprint density at radius 3 is 2.34 bits per heavy atom. The van der Waals surface area contributed by atoms with Crippen LogP contribution in [-0.2, 0) is 9.59 Å². The minimum atomic E-state index is -0.497. The van der Waals surface area contributed by atoms with E-state index in [1.54, 1.807) is 0 Å². The van der Waals surface area contributed by atoms with Crippen LogP contribution in [0.25, 0.3) is 4.85 Å². The molecule has 0 unspecified atom stereocenters. The van der Waals surface area contributed by atoms with Crippen LogP contribution in [-0.4, -0.2) is 33.8 Å². The van der Waals surface area contributed by atoms with Crippen molar-refractivity contribution in [2.45, 2.75) is 105 Å². The third-order valence-corrected chi connectivity index (χ3v) is 13.8. The third kappa shape index (κ3) is 2.83. The summed E-state index contributed by atoms with van der Waals surface area (Å²) in [5, 5.41) is 11.1. The fraction of sp³-hybridized carbons (Fsp3) is 0.788. The molecule has 5 heteroatoms. The predicted octanol–water partition coefficient (Wildman–Crippen LogP) is 7.11. The number of ketones is 1. The van der Waals surface area contributed by atoms with Crippen LogP contribution in [0.5, 0.6) is 0 Å². The van der Waals surface area contributed by atoms with E-state index in [2.05, 4.69) is 58.2 Å². The van der Waals surface area contributed by atoms with Gasteiger partial charge in [-0.05, 0) is 90.9 Å². The Morgan fingerprint density at radius 2 is 1.74 bits per heavy atom. The van der Waals surface area contributed by atoms with Gasteiger partial charge in [0.2, 0.25) is 11.6 Å². The molecule has 5 nitrogen and oxygen atoms in total. The molecule has 0 bridgehead atoms. The highest BCUT2D eigenvalue weighted by Crippen LogP contribution is 2.75. The lowest BCUT2D eigenvalue weighted by atomic mass is 9.34. The number of hydrogen-bond donors (Lipinski definition) is 1. The number of aliphatic hydroxyl groups excluding tert-OH is 1. The van der Waals surface area contributed by atoms with E-state index < -0.39 is 5.41 Å². The van der Waals surface area contributed by atoms with Crippen LogP contribution in [0.15, 0.2) is 23.1 Å². The van der Waals surface area contributed by atoms with Gasteiger partial charge in [0.15, 0.2) is 5.78 Å². The molecule has 9 atom stereocenters. The number of β-lactam (4-membered cyclic amide) rings is 1. The summed E-state index contributed by atoms with van der Waals surface area (Å²) in [7, 11) is 0. The van der Waals surface area contributed by atoms with Crippen molar-refractivity contribution >= 4 is 11.7 Å². The fourth-order valence-electron chi connectivity index (χ4n) is 11.3. The Kier molecular flexibility index (Phi) is 5.34. The molecule has 206 valence electrons. The van der Waals surface area contributed by atoms with Gasteiger partial charge in [-0.25, -0.2) is 4.85 Å². The van der Waals surface area contributed by atoms with Crippen molar-refractivity contribution in [3.8, 4) is 0 Å². The van der Waals surface area contributed by atoms with Gasteiger partial charge in [0.05, 0.1) is 6.57 Å². The van der Waals surface area contributed by atoms with Gasteiger partial charge >= 0.3 is 0 Å². The average molecular weight is 519 g/mol. The maximum Gasteiger partial charge on any atom is 0.224 e. The Bertz CT molecular complexity index is 1220. The van der Waals surface area contributed by atoms with Crippen molar-refractivity contribution < 1.29 is 14.7 Å². The van der Waals surface area contributed by atoms with Crippen molar-refractivity contribution in [1.82, 2.24) is 4.90 Å². The first-order valence-corrected chi connectivity index (χ1v) is 15.1. The average Bonchev–Trinajstić information content (AvgIpc) is 2.85. The zero-order valence-corrected chi connectivity index (χ0v) is 24.5. The summed E-state index contributed by atoms with van der Waals surface area (Å²) in [4.78, 5) is 33.5. The monoisotopic (exact) mass is 518 g/mol. The van der Waals surface area contributed by atoms with Crippen LogP contribution in [0.3, 0.4) is 0 Å². The second-order valence-corrected chi connectivity index (χ2v) is 15.3. The second kappa shape index (κ2) is 7.76. The number of fused-ring (bicyclic) bond motifs is 7. The number of carbonyl (C=O) groups excluding carboxylic acids is 2. The number of aliphatic hydroxyl groups is 1. The minimum absolute atomic E-state index is 0.0859. The number of amides is 1. The van der Waals surface area contributed by atoms with E-state index in [-0.39, 0.29) is 57.0 Å². The number of carbonyl (C=O) groups is 2. The SMILES string of the molecule is [C-]#[N+]C1=C(O)C(C)(C)[C@@H]2CC[C@]3(C)C(=CC(=O)[C@@H]4[C@@H]5[C@@H](C)[C@H](C)CC[C@]5(N5CCC5=O)CC[C@]43C)[C@@]2(C)C1. The maximum atomic E-state index is 14.6. The molecule has 1 heterocycles. The van der Waals surface area contributed by atoms with Gasteiger partial charge in [-0.3, -0.25) is 9.59 Å². The van der Waals surface area contributed by atoms with E-state index in [9.17, 15) is 14.7 Å². The van der Waals surface area contributed by atoms with Gasteiger partial charge in [-0.1, -0.05) is 54.0 Å². The number of hydrogen-bond acceptors (Lipinski definition) is 3. The van der Waals surface area contributed by atoms with Gasteiger partial charge in [0.1, 0.15) is 5.76 Å². The first-order chi connectivity index (χ1) is 17.7. The molecule has 0 spiro atoms. The molecule has 0 aromatic heterocycles. The summed E-state index contributed by atoms with van der Waals surface area (Å²) < 4.78 is 0.